The molecule has 2 aromatic rings. The van der Waals surface area contributed by atoms with Gasteiger partial charge >= 0.3 is 5.97 Å². The van der Waals surface area contributed by atoms with Crippen LogP contribution in [0, 0.1) is 0 Å². The Bertz CT molecular complexity index is 555. The Balaban J connectivity index is 1.83. The summed E-state index contributed by atoms with van der Waals surface area (Å²) in [6, 6.07) is 4.90. The van der Waals surface area contributed by atoms with Gasteiger partial charge in [-0.25, -0.2) is 9.78 Å². The molecule has 0 aliphatic carbocycles. The van der Waals surface area contributed by atoms with Gasteiger partial charge in [-0.1, -0.05) is 17.7 Å². The topological polar surface area (TPSA) is 70.1 Å². The van der Waals surface area contributed by atoms with E-state index in [9.17, 15) is 4.79 Å². The van der Waals surface area contributed by atoms with Crippen LogP contribution in [0.5, 0.6) is 0 Å². The van der Waals surface area contributed by atoms with Crippen LogP contribution >= 0.6 is 11.6 Å². The summed E-state index contributed by atoms with van der Waals surface area (Å²) in [6.45, 7) is 1.07. The van der Waals surface area contributed by atoms with Crippen molar-refractivity contribution in [2.24, 2.45) is 0 Å². The maximum Gasteiger partial charge on any atom is 0.339 e. The number of carbonyl (C=O) groups is 1. The fourth-order valence-electron chi connectivity index (χ4n) is 1.62. The molecule has 0 saturated heterocycles. The third kappa shape index (κ3) is 3.48. The average molecular weight is 280 g/mol. The lowest BCUT2D eigenvalue weighted by Crippen LogP contribution is -2.09. The van der Waals surface area contributed by atoms with Crippen molar-refractivity contribution >= 4 is 23.3 Å². The molecule has 0 saturated carbocycles. The molecule has 2 N–H and O–H groups in total. The van der Waals surface area contributed by atoms with E-state index < -0.39 is 5.97 Å². The molecule has 2 rings (SSSR count). The number of imidazole rings is 1. The van der Waals surface area contributed by atoms with Crippen LogP contribution < -0.4 is 5.73 Å². The van der Waals surface area contributed by atoms with Crippen molar-refractivity contribution in [3.8, 4) is 0 Å². The summed E-state index contributed by atoms with van der Waals surface area (Å²) < 4.78 is 7.07. The van der Waals surface area contributed by atoms with Gasteiger partial charge in [-0.05, 0) is 18.6 Å². The highest BCUT2D eigenvalue weighted by molar-refractivity contribution is 6.36. The van der Waals surface area contributed by atoms with Crippen LogP contribution in [0.1, 0.15) is 16.8 Å². The molecular formula is C13H14ClN3O2. The van der Waals surface area contributed by atoms with E-state index in [0.29, 0.717) is 24.3 Å². The highest BCUT2D eigenvalue weighted by Crippen LogP contribution is 2.23. The first-order valence-electron chi connectivity index (χ1n) is 5.85. The first-order valence-corrected chi connectivity index (χ1v) is 6.23. The normalized spacial score (nSPS) is 10.4. The second-order valence-electron chi connectivity index (χ2n) is 4.00. The number of anilines is 1. The van der Waals surface area contributed by atoms with Gasteiger partial charge in [0.25, 0.3) is 0 Å². The second kappa shape index (κ2) is 6.24. The van der Waals surface area contributed by atoms with Crippen LogP contribution in [0.15, 0.2) is 36.9 Å². The number of rotatable bonds is 5. The van der Waals surface area contributed by atoms with Crippen molar-refractivity contribution in [1.82, 2.24) is 9.55 Å². The van der Waals surface area contributed by atoms with E-state index in [1.807, 2.05) is 10.8 Å². The van der Waals surface area contributed by atoms with Crippen LogP contribution in [0.2, 0.25) is 5.02 Å². The molecule has 100 valence electrons. The predicted octanol–water partition coefficient (Wildman–Crippen LogP) is 2.37. The summed E-state index contributed by atoms with van der Waals surface area (Å²) in [4.78, 5) is 15.7. The van der Waals surface area contributed by atoms with Gasteiger partial charge in [-0.3, -0.25) is 0 Å². The zero-order valence-electron chi connectivity index (χ0n) is 10.3. The molecule has 0 unspecified atom stereocenters. The zero-order chi connectivity index (χ0) is 13.7. The Morgan fingerprint density at radius 2 is 2.32 bits per heavy atom. The number of benzene rings is 1. The van der Waals surface area contributed by atoms with Crippen molar-refractivity contribution < 1.29 is 9.53 Å². The number of nitrogens with zero attached hydrogens (tertiary/aromatic N) is 2. The molecule has 1 heterocycles. The number of hydrogen-bond acceptors (Lipinski definition) is 4. The Hall–Kier alpha value is -2.01. The van der Waals surface area contributed by atoms with E-state index in [-0.39, 0.29) is 5.02 Å². The first-order chi connectivity index (χ1) is 9.18. The lowest BCUT2D eigenvalue weighted by molar-refractivity contribution is 0.0496. The van der Waals surface area contributed by atoms with Gasteiger partial charge in [0, 0.05) is 18.9 Å². The Labute approximate surface area is 116 Å². The smallest absolute Gasteiger partial charge is 0.339 e. The molecule has 0 spiro atoms. The van der Waals surface area contributed by atoms with Crippen LogP contribution in [0.4, 0.5) is 5.69 Å². The highest BCUT2D eigenvalue weighted by atomic mass is 35.5. The minimum Gasteiger partial charge on any atom is -0.462 e. The molecule has 0 amide bonds. The van der Waals surface area contributed by atoms with Crippen molar-refractivity contribution in [2.45, 2.75) is 13.0 Å². The maximum atomic E-state index is 11.8. The van der Waals surface area contributed by atoms with Crippen molar-refractivity contribution in [3.63, 3.8) is 0 Å². The molecular weight excluding hydrogens is 266 g/mol. The number of nitrogen functional groups attached to an aromatic ring is 1. The molecule has 1 aromatic carbocycles. The van der Waals surface area contributed by atoms with Gasteiger partial charge in [0.15, 0.2) is 0 Å². The van der Waals surface area contributed by atoms with Crippen LogP contribution in [-0.4, -0.2) is 22.1 Å². The first kappa shape index (κ1) is 13.4. The molecule has 6 heteroatoms. The minimum absolute atomic E-state index is 0.238. The van der Waals surface area contributed by atoms with Crippen LogP contribution in [0.3, 0.4) is 0 Å². The van der Waals surface area contributed by atoms with Gasteiger partial charge in [0.1, 0.15) is 0 Å². The van der Waals surface area contributed by atoms with Crippen molar-refractivity contribution in [1.29, 1.82) is 0 Å². The molecule has 0 fully saturated rings. The lowest BCUT2D eigenvalue weighted by atomic mass is 10.2. The molecule has 0 bridgehead atoms. The molecule has 0 aliphatic heterocycles. The third-order valence-electron chi connectivity index (χ3n) is 2.60. The summed E-state index contributed by atoms with van der Waals surface area (Å²) in [5.74, 6) is -0.456. The second-order valence-corrected chi connectivity index (χ2v) is 4.38. The summed E-state index contributed by atoms with van der Waals surface area (Å²) >= 11 is 5.94. The molecule has 5 nitrogen and oxygen atoms in total. The average Bonchev–Trinajstić information content (AvgIpc) is 2.91. The van der Waals surface area contributed by atoms with Crippen molar-refractivity contribution in [2.75, 3.05) is 12.3 Å². The molecule has 1 aromatic heterocycles. The summed E-state index contributed by atoms with van der Waals surface area (Å²) in [6.07, 6.45) is 5.99. The van der Waals surface area contributed by atoms with Gasteiger partial charge in [0.2, 0.25) is 0 Å². The third-order valence-corrected chi connectivity index (χ3v) is 3.02. The van der Waals surface area contributed by atoms with Crippen molar-refractivity contribution in [3.05, 3.63) is 47.5 Å². The zero-order valence-corrected chi connectivity index (χ0v) is 11.0. The van der Waals surface area contributed by atoms with Crippen LogP contribution in [-0.2, 0) is 11.3 Å². The fourth-order valence-corrected chi connectivity index (χ4v) is 1.82. The number of halogens is 1. The largest absolute Gasteiger partial charge is 0.462 e. The Morgan fingerprint density at radius 3 is 3.05 bits per heavy atom. The Kier molecular flexibility index (Phi) is 4.41. The number of nitrogens with two attached hydrogens (primary N) is 1. The van der Waals surface area contributed by atoms with E-state index in [1.54, 1.807) is 30.7 Å². The number of carbonyl (C=O) groups excluding carboxylic acids is 1. The number of aryl methyl sites for hydroxylation is 1. The quantitative estimate of drug-likeness (QED) is 0.518. The Morgan fingerprint density at radius 1 is 1.47 bits per heavy atom. The van der Waals surface area contributed by atoms with Gasteiger partial charge in [-0.2, -0.15) is 0 Å². The standard InChI is InChI=1S/C13H14ClN3O2/c14-12-10(3-1-4-11(12)15)13(18)19-8-2-6-17-7-5-16-9-17/h1,3-5,7,9H,2,6,8,15H2. The number of esters is 1. The van der Waals surface area contributed by atoms with E-state index in [2.05, 4.69) is 4.98 Å². The molecule has 0 atom stereocenters. The van der Waals surface area contributed by atoms with E-state index >= 15 is 0 Å². The SMILES string of the molecule is Nc1cccc(C(=O)OCCCn2ccnc2)c1Cl. The monoisotopic (exact) mass is 279 g/mol. The number of aromatic nitrogens is 2. The molecule has 0 aliphatic rings. The number of hydrogen-bond donors (Lipinski definition) is 1. The van der Waals surface area contributed by atoms with Gasteiger partial charge in [0.05, 0.1) is 29.2 Å². The summed E-state index contributed by atoms with van der Waals surface area (Å²) in [5.41, 5.74) is 6.29. The van der Waals surface area contributed by atoms with E-state index in [0.717, 1.165) is 6.54 Å². The van der Waals surface area contributed by atoms with E-state index in [4.69, 9.17) is 22.1 Å². The molecule has 19 heavy (non-hydrogen) atoms. The predicted molar refractivity (Wildman–Crippen MR) is 73.0 cm³/mol. The number of ether oxygens (including phenoxy) is 1. The summed E-state index contributed by atoms with van der Waals surface area (Å²) in [5, 5.41) is 0.238. The fraction of sp³-hybridized carbons (Fsp3) is 0.231. The summed E-state index contributed by atoms with van der Waals surface area (Å²) in [7, 11) is 0. The highest BCUT2D eigenvalue weighted by Gasteiger charge is 2.13. The minimum atomic E-state index is -0.456. The van der Waals surface area contributed by atoms with Gasteiger partial charge < -0.3 is 15.0 Å². The van der Waals surface area contributed by atoms with Crippen LogP contribution in [0.25, 0.3) is 0 Å². The lowest BCUT2D eigenvalue weighted by Gasteiger charge is -2.07. The maximum absolute atomic E-state index is 11.8. The molecule has 0 radical (unpaired) electrons. The van der Waals surface area contributed by atoms with Gasteiger partial charge in [-0.15, -0.1) is 0 Å². The van der Waals surface area contributed by atoms with E-state index in [1.165, 1.54) is 0 Å².